The highest BCUT2D eigenvalue weighted by Crippen LogP contribution is 2.13. The fraction of sp³-hybridized carbons (Fsp3) is 0.714. The van der Waals surface area contributed by atoms with Crippen molar-refractivity contribution in [1.82, 2.24) is 4.90 Å². The van der Waals surface area contributed by atoms with Crippen molar-refractivity contribution in [3.63, 3.8) is 0 Å². The molecule has 0 aromatic rings. The number of aliphatic carboxylic acids is 1. The van der Waals surface area contributed by atoms with Crippen LogP contribution in [0.1, 0.15) is 13.8 Å². The topological polar surface area (TPSA) is 66.8 Å². The van der Waals surface area contributed by atoms with E-state index in [9.17, 15) is 9.59 Å². The summed E-state index contributed by atoms with van der Waals surface area (Å²) >= 11 is 0. The van der Waals surface area contributed by atoms with E-state index in [4.69, 9.17) is 9.84 Å². The molecule has 5 heteroatoms. The number of carbonyl (C=O) groups excluding carboxylic acids is 1. The van der Waals surface area contributed by atoms with E-state index >= 15 is 0 Å². The molecular formula is C7H11NO4. The van der Waals surface area contributed by atoms with Gasteiger partial charge in [-0.05, 0) is 13.8 Å². The molecule has 1 heterocycles. The van der Waals surface area contributed by atoms with Gasteiger partial charge in [0.05, 0.1) is 6.54 Å². The molecule has 1 saturated heterocycles. The lowest BCUT2D eigenvalue weighted by atomic mass is 10.3. The van der Waals surface area contributed by atoms with Gasteiger partial charge in [0, 0.05) is 0 Å². The standard InChI is InChI=1S/C7H11NO4/c1-4-3-8(7(11)12-4)5(2)6(9)10/h4-5H,3H2,1-2H3,(H,9,10). The van der Waals surface area contributed by atoms with E-state index in [1.165, 1.54) is 11.8 Å². The smallest absolute Gasteiger partial charge is 0.410 e. The predicted molar refractivity (Wildman–Crippen MR) is 39.7 cm³/mol. The normalized spacial score (nSPS) is 25.3. The summed E-state index contributed by atoms with van der Waals surface area (Å²) in [7, 11) is 0. The maximum atomic E-state index is 11.0. The molecule has 1 aliphatic rings. The molecule has 0 spiro atoms. The summed E-state index contributed by atoms with van der Waals surface area (Å²) in [5, 5.41) is 8.60. The van der Waals surface area contributed by atoms with Crippen molar-refractivity contribution in [3.05, 3.63) is 0 Å². The number of carboxylic acid groups (broad SMARTS) is 1. The minimum absolute atomic E-state index is 0.209. The Labute approximate surface area is 69.9 Å². The van der Waals surface area contributed by atoms with E-state index in [0.717, 1.165) is 0 Å². The van der Waals surface area contributed by atoms with Crippen molar-refractivity contribution in [2.75, 3.05) is 6.54 Å². The number of hydrogen-bond donors (Lipinski definition) is 1. The Balaban J connectivity index is 2.64. The Morgan fingerprint density at radius 2 is 2.42 bits per heavy atom. The van der Waals surface area contributed by atoms with E-state index in [1.807, 2.05) is 0 Å². The zero-order chi connectivity index (χ0) is 9.30. The van der Waals surface area contributed by atoms with Crippen LogP contribution < -0.4 is 0 Å². The minimum atomic E-state index is -1.01. The number of hydrogen-bond acceptors (Lipinski definition) is 3. The van der Waals surface area contributed by atoms with Crippen LogP contribution in [-0.2, 0) is 9.53 Å². The third kappa shape index (κ3) is 1.49. The average molecular weight is 173 g/mol. The number of ether oxygens (including phenoxy) is 1. The zero-order valence-corrected chi connectivity index (χ0v) is 6.98. The Morgan fingerprint density at radius 3 is 2.75 bits per heavy atom. The van der Waals surface area contributed by atoms with Crippen LogP contribution in [0, 0.1) is 0 Å². The van der Waals surface area contributed by atoms with E-state index in [-0.39, 0.29) is 6.10 Å². The third-order valence-electron chi connectivity index (χ3n) is 1.82. The molecule has 0 aliphatic carbocycles. The van der Waals surface area contributed by atoms with E-state index in [2.05, 4.69) is 0 Å². The second-order valence-electron chi connectivity index (χ2n) is 2.86. The lowest BCUT2D eigenvalue weighted by Gasteiger charge is -2.16. The van der Waals surface area contributed by atoms with Crippen molar-refractivity contribution in [3.8, 4) is 0 Å². The van der Waals surface area contributed by atoms with Gasteiger partial charge in [-0.25, -0.2) is 9.59 Å². The first-order chi connectivity index (χ1) is 5.52. The highest BCUT2D eigenvalue weighted by Gasteiger charge is 2.34. The van der Waals surface area contributed by atoms with Crippen molar-refractivity contribution >= 4 is 12.1 Å². The van der Waals surface area contributed by atoms with Gasteiger partial charge in [0.15, 0.2) is 0 Å². The maximum Gasteiger partial charge on any atom is 0.410 e. The van der Waals surface area contributed by atoms with Gasteiger partial charge in [-0.15, -0.1) is 0 Å². The van der Waals surface area contributed by atoms with Gasteiger partial charge >= 0.3 is 12.1 Å². The number of rotatable bonds is 2. The molecule has 2 atom stereocenters. The highest BCUT2D eigenvalue weighted by atomic mass is 16.6. The molecule has 68 valence electrons. The van der Waals surface area contributed by atoms with Crippen molar-refractivity contribution in [1.29, 1.82) is 0 Å². The van der Waals surface area contributed by atoms with Crippen LogP contribution in [0.3, 0.4) is 0 Å². The summed E-state index contributed by atoms with van der Waals surface area (Å²) < 4.78 is 4.77. The maximum absolute atomic E-state index is 11.0. The average Bonchev–Trinajstić information content (AvgIpc) is 2.28. The molecule has 5 nitrogen and oxygen atoms in total. The van der Waals surface area contributed by atoms with E-state index in [1.54, 1.807) is 6.92 Å². The fourth-order valence-corrected chi connectivity index (χ4v) is 1.08. The Bertz CT molecular complexity index is 215. The Kier molecular flexibility index (Phi) is 2.21. The van der Waals surface area contributed by atoms with Gasteiger partial charge < -0.3 is 9.84 Å². The molecule has 0 aromatic heterocycles. The summed E-state index contributed by atoms with van der Waals surface area (Å²) in [5.74, 6) is -1.01. The van der Waals surface area contributed by atoms with Crippen LogP contribution in [0.25, 0.3) is 0 Å². The fourth-order valence-electron chi connectivity index (χ4n) is 1.08. The molecule has 1 aliphatic heterocycles. The minimum Gasteiger partial charge on any atom is -0.480 e. The summed E-state index contributed by atoms with van der Waals surface area (Å²) in [6.45, 7) is 3.54. The van der Waals surface area contributed by atoms with Crippen LogP contribution >= 0.6 is 0 Å². The Morgan fingerprint density at radius 1 is 1.83 bits per heavy atom. The predicted octanol–water partition coefficient (Wildman–Crippen LogP) is 0.300. The van der Waals surface area contributed by atoms with Crippen LogP contribution in [0.15, 0.2) is 0 Å². The largest absolute Gasteiger partial charge is 0.480 e. The van der Waals surface area contributed by atoms with Gasteiger partial charge in [0.25, 0.3) is 0 Å². The number of cyclic esters (lactones) is 1. The number of nitrogens with zero attached hydrogens (tertiary/aromatic N) is 1. The monoisotopic (exact) mass is 173 g/mol. The molecule has 1 fully saturated rings. The molecule has 12 heavy (non-hydrogen) atoms. The lowest BCUT2D eigenvalue weighted by Crippen LogP contribution is -2.39. The van der Waals surface area contributed by atoms with Crippen LogP contribution in [0.5, 0.6) is 0 Å². The molecule has 0 bridgehead atoms. The summed E-state index contributed by atoms with van der Waals surface area (Å²) in [4.78, 5) is 22.7. The van der Waals surface area contributed by atoms with Crippen molar-refractivity contribution in [2.24, 2.45) is 0 Å². The Hall–Kier alpha value is -1.26. The van der Waals surface area contributed by atoms with Crippen LogP contribution in [-0.4, -0.2) is 40.8 Å². The van der Waals surface area contributed by atoms with Gasteiger partial charge in [0.1, 0.15) is 12.1 Å². The molecule has 0 radical (unpaired) electrons. The number of amides is 1. The van der Waals surface area contributed by atoms with Crippen molar-refractivity contribution in [2.45, 2.75) is 26.0 Å². The molecule has 2 unspecified atom stereocenters. The highest BCUT2D eigenvalue weighted by molar-refractivity contribution is 5.80. The summed E-state index contributed by atoms with van der Waals surface area (Å²) in [6.07, 6.45) is -0.753. The first-order valence-corrected chi connectivity index (χ1v) is 3.72. The number of carboxylic acids is 1. The molecule has 1 amide bonds. The van der Waals surface area contributed by atoms with Crippen LogP contribution in [0.4, 0.5) is 4.79 Å². The third-order valence-corrected chi connectivity index (χ3v) is 1.82. The lowest BCUT2D eigenvalue weighted by molar-refractivity contribution is -0.141. The molecule has 1 N–H and O–H groups in total. The number of carbonyl (C=O) groups is 2. The van der Waals surface area contributed by atoms with Gasteiger partial charge in [-0.3, -0.25) is 4.90 Å². The second kappa shape index (κ2) is 3.00. The molecule has 1 rings (SSSR count). The molecule has 0 aromatic carbocycles. The summed E-state index contributed by atoms with van der Waals surface area (Å²) in [5.41, 5.74) is 0. The molecular weight excluding hydrogens is 162 g/mol. The second-order valence-corrected chi connectivity index (χ2v) is 2.86. The van der Waals surface area contributed by atoms with E-state index < -0.39 is 18.1 Å². The first kappa shape index (κ1) is 8.83. The van der Waals surface area contributed by atoms with Gasteiger partial charge in [-0.1, -0.05) is 0 Å². The quantitative estimate of drug-likeness (QED) is 0.652. The summed E-state index contributed by atoms with van der Waals surface area (Å²) in [6, 6.07) is -0.803. The van der Waals surface area contributed by atoms with Gasteiger partial charge in [0.2, 0.25) is 0 Å². The van der Waals surface area contributed by atoms with Crippen LogP contribution in [0.2, 0.25) is 0 Å². The zero-order valence-electron chi connectivity index (χ0n) is 6.98. The van der Waals surface area contributed by atoms with Gasteiger partial charge in [-0.2, -0.15) is 0 Å². The first-order valence-electron chi connectivity index (χ1n) is 3.72. The molecule has 0 saturated carbocycles. The van der Waals surface area contributed by atoms with E-state index in [0.29, 0.717) is 6.54 Å². The SMILES string of the molecule is CC1CN(C(C)C(=O)O)C(=O)O1. The van der Waals surface area contributed by atoms with Crippen molar-refractivity contribution < 1.29 is 19.4 Å².